The van der Waals surface area contributed by atoms with E-state index >= 15 is 0 Å². The molecule has 0 amide bonds. The average Bonchev–Trinajstić information content (AvgIpc) is 2.75. The van der Waals surface area contributed by atoms with E-state index in [1.165, 1.54) is 11.8 Å². The first-order valence-corrected chi connectivity index (χ1v) is 6.43. The molecule has 0 fully saturated rings. The number of anilines is 1. The average molecular weight is 287 g/mol. The summed E-state index contributed by atoms with van der Waals surface area (Å²) < 4.78 is 5.88. The van der Waals surface area contributed by atoms with Crippen molar-refractivity contribution in [2.75, 3.05) is 12.8 Å². The lowest BCUT2D eigenvalue weighted by atomic mass is 10.0. The van der Waals surface area contributed by atoms with Gasteiger partial charge in [-0.3, -0.25) is 9.59 Å². The zero-order valence-corrected chi connectivity index (χ0v) is 12.2. The Hall–Kier alpha value is -2.63. The standard InChI is InChI=1S/C15H17N3O3/c1-9-4-5-11(10(2)6-9)14-12(8-19)15(16)18(17-14)7-13(20)21-3/h4-6,8H,7,16H2,1-3H3. The highest BCUT2D eigenvalue weighted by Gasteiger charge is 2.19. The van der Waals surface area contributed by atoms with Gasteiger partial charge in [-0.2, -0.15) is 5.10 Å². The summed E-state index contributed by atoms with van der Waals surface area (Å²) in [5.74, 6) is -0.320. The van der Waals surface area contributed by atoms with Gasteiger partial charge in [-0.25, -0.2) is 4.68 Å². The van der Waals surface area contributed by atoms with Crippen LogP contribution in [-0.4, -0.2) is 29.1 Å². The van der Waals surface area contributed by atoms with Crippen LogP contribution < -0.4 is 5.73 Å². The first-order chi connectivity index (χ1) is 9.97. The van der Waals surface area contributed by atoms with Gasteiger partial charge in [0, 0.05) is 5.56 Å². The molecule has 1 aromatic carbocycles. The Bertz CT molecular complexity index is 704. The van der Waals surface area contributed by atoms with Gasteiger partial charge >= 0.3 is 5.97 Å². The molecule has 2 rings (SSSR count). The lowest BCUT2D eigenvalue weighted by Gasteiger charge is -2.04. The van der Waals surface area contributed by atoms with Crippen molar-refractivity contribution in [3.05, 3.63) is 34.9 Å². The zero-order valence-electron chi connectivity index (χ0n) is 12.2. The molecule has 0 saturated heterocycles. The second-order valence-corrected chi connectivity index (χ2v) is 4.82. The molecule has 0 spiro atoms. The number of nitrogens with two attached hydrogens (primary N) is 1. The molecule has 0 aliphatic carbocycles. The van der Waals surface area contributed by atoms with Gasteiger partial charge in [-0.15, -0.1) is 0 Å². The third-order valence-electron chi connectivity index (χ3n) is 3.29. The molecule has 2 N–H and O–H groups in total. The molecule has 0 unspecified atom stereocenters. The van der Waals surface area contributed by atoms with Gasteiger partial charge in [0.15, 0.2) is 6.29 Å². The number of nitrogens with zero attached hydrogens (tertiary/aromatic N) is 2. The van der Waals surface area contributed by atoms with Crippen molar-refractivity contribution in [1.29, 1.82) is 0 Å². The monoisotopic (exact) mass is 287 g/mol. The predicted molar refractivity (Wildman–Crippen MR) is 79.0 cm³/mol. The maximum atomic E-state index is 11.4. The minimum Gasteiger partial charge on any atom is -0.468 e. The molecule has 0 radical (unpaired) electrons. The quantitative estimate of drug-likeness (QED) is 0.683. The third-order valence-corrected chi connectivity index (χ3v) is 3.29. The maximum absolute atomic E-state index is 11.4. The molecule has 1 aromatic heterocycles. The van der Waals surface area contributed by atoms with E-state index < -0.39 is 5.97 Å². The molecular formula is C15H17N3O3. The molecule has 1 heterocycles. The van der Waals surface area contributed by atoms with Gasteiger partial charge in [-0.1, -0.05) is 23.8 Å². The number of hydrogen-bond acceptors (Lipinski definition) is 5. The van der Waals surface area contributed by atoms with Crippen LogP contribution >= 0.6 is 0 Å². The predicted octanol–water partition coefficient (Wildman–Crippen LogP) is 1.73. The number of ether oxygens (including phenoxy) is 1. The lowest BCUT2D eigenvalue weighted by molar-refractivity contribution is -0.141. The number of aromatic nitrogens is 2. The molecule has 0 atom stereocenters. The topological polar surface area (TPSA) is 87.2 Å². The van der Waals surface area contributed by atoms with Crippen LogP contribution in [0.15, 0.2) is 18.2 Å². The summed E-state index contributed by atoms with van der Waals surface area (Å²) in [6.07, 6.45) is 0.657. The number of methoxy groups -OCH3 is 1. The van der Waals surface area contributed by atoms with Gasteiger partial charge in [0.25, 0.3) is 0 Å². The SMILES string of the molecule is COC(=O)Cn1nc(-c2ccc(C)cc2C)c(C=O)c1N. The van der Waals surface area contributed by atoms with Crippen molar-refractivity contribution in [3.63, 3.8) is 0 Å². The van der Waals surface area contributed by atoms with E-state index in [1.54, 1.807) is 0 Å². The summed E-state index contributed by atoms with van der Waals surface area (Å²) in [4.78, 5) is 22.7. The number of carbonyl (C=O) groups excluding carboxylic acids is 2. The van der Waals surface area contributed by atoms with Crippen molar-refractivity contribution in [3.8, 4) is 11.3 Å². The Kier molecular flexibility index (Phi) is 4.07. The number of esters is 1. The summed E-state index contributed by atoms with van der Waals surface area (Å²) in [5, 5.41) is 4.29. The van der Waals surface area contributed by atoms with Crippen LogP contribution in [0.2, 0.25) is 0 Å². The molecule has 21 heavy (non-hydrogen) atoms. The van der Waals surface area contributed by atoms with Crippen LogP contribution in [0.5, 0.6) is 0 Å². The number of benzene rings is 1. The number of nitrogen functional groups attached to an aromatic ring is 1. The van der Waals surface area contributed by atoms with Gasteiger partial charge in [0.05, 0.1) is 12.7 Å². The highest BCUT2D eigenvalue weighted by molar-refractivity contribution is 5.92. The molecule has 0 aliphatic heterocycles. The first-order valence-electron chi connectivity index (χ1n) is 6.43. The van der Waals surface area contributed by atoms with Crippen LogP contribution in [0.25, 0.3) is 11.3 Å². The van der Waals surface area contributed by atoms with Crippen LogP contribution in [0.3, 0.4) is 0 Å². The van der Waals surface area contributed by atoms with Crippen LogP contribution in [0.4, 0.5) is 5.82 Å². The second-order valence-electron chi connectivity index (χ2n) is 4.82. The molecule has 6 nitrogen and oxygen atoms in total. The van der Waals surface area contributed by atoms with Gasteiger partial charge < -0.3 is 10.5 Å². The second kappa shape index (κ2) is 5.78. The molecule has 0 saturated carbocycles. The van der Waals surface area contributed by atoms with E-state index in [0.717, 1.165) is 16.7 Å². The largest absolute Gasteiger partial charge is 0.468 e. The summed E-state index contributed by atoms with van der Waals surface area (Å²) in [5.41, 5.74) is 9.58. The van der Waals surface area contributed by atoms with Crippen molar-refractivity contribution in [2.24, 2.45) is 0 Å². The lowest BCUT2D eigenvalue weighted by Crippen LogP contribution is -2.14. The summed E-state index contributed by atoms with van der Waals surface area (Å²) >= 11 is 0. The van der Waals surface area contributed by atoms with Crippen molar-refractivity contribution in [2.45, 2.75) is 20.4 Å². The molecule has 6 heteroatoms. The smallest absolute Gasteiger partial charge is 0.327 e. The summed E-state index contributed by atoms with van der Waals surface area (Å²) in [6.45, 7) is 3.79. The fourth-order valence-electron chi connectivity index (χ4n) is 2.19. The zero-order chi connectivity index (χ0) is 15.6. The molecule has 110 valence electrons. The van der Waals surface area contributed by atoms with Crippen molar-refractivity contribution < 1.29 is 14.3 Å². The summed E-state index contributed by atoms with van der Waals surface area (Å²) in [6, 6.07) is 5.83. The normalized spacial score (nSPS) is 10.4. The Morgan fingerprint density at radius 2 is 2.14 bits per heavy atom. The number of hydrogen-bond donors (Lipinski definition) is 1. The van der Waals surface area contributed by atoms with Crippen LogP contribution in [0.1, 0.15) is 21.5 Å². The number of carbonyl (C=O) groups is 2. The Morgan fingerprint density at radius 1 is 1.43 bits per heavy atom. The highest BCUT2D eigenvalue weighted by Crippen LogP contribution is 2.29. The van der Waals surface area contributed by atoms with E-state index in [9.17, 15) is 9.59 Å². The van der Waals surface area contributed by atoms with E-state index in [2.05, 4.69) is 9.84 Å². The highest BCUT2D eigenvalue weighted by atomic mass is 16.5. The fourth-order valence-corrected chi connectivity index (χ4v) is 2.19. The van der Waals surface area contributed by atoms with Crippen LogP contribution in [-0.2, 0) is 16.1 Å². The number of rotatable bonds is 4. The fraction of sp³-hybridized carbons (Fsp3) is 0.267. The third kappa shape index (κ3) is 2.79. The minimum atomic E-state index is -0.478. The Balaban J connectivity index is 2.55. The maximum Gasteiger partial charge on any atom is 0.327 e. The van der Waals surface area contributed by atoms with Crippen LogP contribution in [0, 0.1) is 13.8 Å². The molecule has 0 bridgehead atoms. The van der Waals surface area contributed by atoms with Gasteiger partial charge in [-0.05, 0) is 19.4 Å². The molecule has 0 aliphatic rings. The van der Waals surface area contributed by atoms with E-state index in [-0.39, 0.29) is 17.9 Å². The van der Waals surface area contributed by atoms with E-state index in [0.29, 0.717) is 12.0 Å². The minimum absolute atomic E-state index is 0.131. The van der Waals surface area contributed by atoms with Crippen molar-refractivity contribution >= 4 is 18.1 Å². The van der Waals surface area contributed by atoms with E-state index in [1.807, 2.05) is 32.0 Å². The summed E-state index contributed by atoms with van der Waals surface area (Å²) in [7, 11) is 1.29. The number of aryl methyl sites for hydroxylation is 2. The molecule has 2 aromatic rings. The van der Waals surface area contributed by atoms with E-state index in [4.69, 9.17) is 5.73 Å². The van der Waals surface area contributed by atoms with Crippen molar-refractivity contribution in [1.82, 2.24) is 9.78 Å². The Morgan fingerprint density at radius 3 is 2.71 bits per heavy atom. The number of aldehydes is 1. The molecular weight excluding hydrogens is 270 g/mol. The van der Waals surface area contributed by atoms with Gasteiger partial charge in [0.2, 0.25) is 0 Å². The first kappa shape index (κ1) is 14.8. The van der Waals surface area contributed by atoms with Gasteiger partial charge in [0.1, 0.15) is 18.1 Å². The Labute approximate surface area is 122 Å².